The van der Waals surface area contributed by atoms with Crippen molar-refractivity contribution < 1.29 is 19.4 Å². The number of rotatable bonds is 7. The molecule has 11 heteroatoms. The third kappa shape index (κ3) is 4.90. The fourth-order valence-corrected chi connectivity index (χ4v) is 3.19. The van der Waals surface area contributed by atoms with Crippen LogP contribution in [-0.2, 0) is 4.79 Å². The molecule has 0 saturated heterocycles. The number of carbonyl (C=O) groups excluding carboxylic acids is 1. The van der Waals surface area contributed by atoms with Crippen molar-refractivity contribution in [3.63, 3.8) is 0 Å². The summed E-state index contributed by atoms with van der Waals surface area (Å²) < 4.78 is 5.41. The zero-order valence-electron chi connectivity index (χ0n) is 15.0. The van der Waals surface area contributed by atoms with E-state index in [9.17, 15) is 25.0 Å². The van der Waals surface area contributed by atoms with Crippen LogP contribution in [0.4, 0.5) is 16.5 Å². The minimum atomic E-state index is -0.509. The van der Waals surface area contributed by atoms with Gasteiger partial charge >= 0.3 is 0 Å². The molecular formula is C18H14N4O6S. The zero-order valence-corrected chi connectivity index (χ0v) is 15.8. The Hall–Kier alpha value is -3.86. The third-order valence-electron chi connectivity index (χ3n) is 3.83. The Morgan fingerprint density at radius 1 is 1.14 bits per heavy atom. The van der Waals surface area contributed by atoms with Gasteiger partial charge in [0.25, 0.3) is 17.3 Å². The molecule has 0 aliphatic heterocycles. The number of anilines is 1. The quantitative estimate of drug-likeness (QED) is 0.456. The maximum atomic E-state index is 12.1. The van der Waals surface area contributed by atoms with Crippen molar-refractivity contribution >= 4 is 33.8 Å². The molecule has 0 saturated carbocycles. The first kappa shape index (κ1) is 19.9. The average molecular weight is 414 g/mol. The van der Waals surface area contributed by atoms with Crippen LogP contribution in [0.1, 0.15) is 5.56 Å². The van der Waals surface area contributed by atoms with Crippen molar-refractivity contribution in [1.29, 1.82) is 0 Å². The van der Waals surface area contributed by atoms with Crippen molar-refractivity contribution in [2.24, 2.45) is 0 Å². The molecule has 0 bridgehead atoms. The van der Waals surface area contributed by atoms with E-state index in [0.717, 1.165) is 0 Å². The first-order valence-electron chi connectivity index (χ1n) is 8.21. The predicted molar refractivity (Wildman–Crippen MR) is 106 cm³/mol. The smallest absolute Gasteiger partial charge is 0.270 e. The number of nitrogens with one attached hydrogen (secondary N) is 1. The molecule has 3 aromatic rings. The fourth-order valence-electron chi connectivity index (χ4n) is 2.45. The number of aromatic nitrogens is 1. The molecule has 148 valence electrons. The molecule has 0 aliphatic rings. The van der Waals surface area contributed by atoms with Gasteiger partial charge in [-0.2, -0.15) is 0 Å². The van der Waals surface area contributed by atoms with E-state index in [-0.39, 0.29) is 18.0 Å². The molecule has 29 heavy (non-hydrogen) atoms. The van der Waals surface area contributed by atoms with Crippen LogP contribution in [0.2, 0.25) is 0 Å². The van der Waals surface area contributed by atoms with Crippen LogP contribution in [0.25, 0.3) is 11.3 Å². The number of non-ortho nitro benzene ring substituents is 2. The van der Waals surface area contributed by atoms with Gasteiger partial charge in [-0.25, -0.2) is 4.98 Å². The summed E-state index contributed by atoms with van der Waals surface area (Å²) in [5, 5.41) is 26.2. The fraction of sp³-hybridized carbons (Fsp3) is 0.111. The number of ether oxygens (including phenoxy) is 1. The number of hydrogen-bond acceptors (Lipinski definition) is 8. The summed E-state index contributed by atoms with van der Waals surface area (Å²) in [5.74, 6) is -0.0927. The number of hydrogen-bond donors (Lipinski definition) is 1. The summed E-state index contributed by atoms with van der Waals surface area (Å²) in [7, 11) is 0. The Morgan fingerprint density at radius 2 is 1.86 bits per heavy atom. The summed E-state index contributed by atoms with van der Waals surface area (Å²) in [5.41, 5.74) is 1.49. The number of thiazole rings is 1. The lowest BCUT2D eigenvalue weighted by Crippen LogP contribution is -2.20. The maximum Gasteiger partial charge on any atom is 0.270 e. The molecule has 3 rings (SSSR count). The Morgan fingerprint density at radius 3 is 2.55 bits per heavy atom. The highest BCUT2D eigenvalue weighted by Crippen LogP contribution is 2.27. The summed E-state index contributed by atoms with van der Waals surface area (Å²) in [4.78, 5) is 37.0. The largest absolute Gasteiger partial charge is 0.483 e. The summed E-state index contributed by atoms with van der Waals surface area (Å²) in [6, 6.07) is 10.1. The molecule has 2 aromatic carbocycles. The zero-order chi connectivity index (χ0) is 21.0. The second-order valence-electron chi connectivity index (χ2n) is 5.89. The van der Waals surface area contributed by atoms with E-state index >= 15 is 0 Å². The Balaban J connectivity index is 1.61. The first-order chi connectivity index (χ1) is 13.8. The van der Waals surface area contributed by atoms with Crippen LogP contribution in [-0.4, -0.2) is 27.3 Å². The Bertz CT molecular complexity index is 1100. The molecule has 0 spiro atoms. The molecule has 10 nitrogen and oxygen atoms in total. The first-order valence-corrected chi connectivity index (χ1v) is 9.09. The summed E-state index contributed by atoms with van der Waals surface area (Å²) in [6.07, 6.45) is 0. The van der Waals surface area contributed by atoms with Crippen molar-refractivity contribution in [1.82, 2.24) is 4.98 Å². The lowest BCUT2D eigenvalue weighted by Gasteiger charge is -2.08. The van der Waals surface area contributed by atoms with Gasteiger partial charge in [0, 0.05) is 35.2 Å². The lowest BCUT2D eigenvalue weighted by atomic mass is 10.1. The van der Waals surface area contributed by atoms with E-state index < -0.39 is 15.8 Å². The highest BCUT2D eigenvalue weighted by atomic mass is 32.1. The summed E-state index contributed by atoms with van der Waals surface area (Å²) in [6.45, 7) is 1.34. The standard InChI is InChI=1S/C18H14N4O6S/c1-11-7-14(22(26)27)5-6-16(11)28-9-17(23)20-18-19-15(10-29-18)12-3-2-4-13(8-12)21(24)25/h2-8,10H,9H2,1H3,(H,19,20,23). The molecule has 1 heterocycles. The minimum Gasteiger partial charge on any atom is -0.483 e. The van der Waals surface area contributed by atoms with Gasteiger partial charge in [0.05, 0.1) is 15.5 Å². The van der Waals surface area contributed by atoms with Crippen LogP contribution in [0.5, 0.6) is 5.75 Å². The van der Waals surface area contributed by atoms with E-state index in [1.54, 1.807) is 24.4 Å². The molecule has 0 radical (unpaired) electrons. The monoisotopic (exact) mass is 414 g/mol. The average Bonchev–Trinajstić information content (AvgIpc) is 3.15. The van der Waals surface area contributed by atoms with E-state index in [1.165, 1.54) is 41.7 Å². The molecule has 0 unspecified atom stereocenters. The minimum absolute atomic E-state index is 0.0482. The van der Waals surface area contributed by atoms with Gasteiger partial charge < -0.3 is 4.74 Å². The van der Waals surface area contributed by atoms with E-state index in [2.05, 4.69) is 10.3 Å². The lowest BCUT2D eigenvalue weighted by molar-refractivity contribution is -0.385. The highest BCUT2D eigenvalue weighted by molar-refractivity contribution is 7.14. The van der Waals surface area contributed by atoms with Crippen molar-refractivity contribution in [2.45, 2.75) is 6.92 Å². The van der Waals surface area contributed by atoms with E-state index in [0.29, 0.717) is 27.7 Å². The molecule has 1 aromatic heterocycles. The second-order valence-corrected chi connectivity index (χ2v) is 6.75. The number of amides is 1. The molecule has 1 amide bonds. The molecule has 1 N–H and O–H groups in total. The van der Waals surface area contributed by atoms with Gasteiger partial charge in [-0.05, 0) is 18.6 Å². The molecular weight excluding hydrogens is 400 g/mol. The Labute approximate surface area is 168 Å². The van der Waals surface area contributed by atoms with E-state index in [1.807, 2.05) is 0 Å². The molecule has 0 atom stereocenters. The number of carbonyl (C=O) groups is 1. The Kier molecular flexibility index (Phi) is 5.79. The van der Waals surface area contributed by atoms with Crippen LogP contribution in [0.15, 0.2) is 47.8 Å². The SMILES string of the molecule is Cc1cc([N+](=O)[O-])ccc1OCC(=O)Nc1nc(-c2cccc([N+](=O)[O-])c2)cs1. The number of nitrogens with zero attached hydrogens (tertiary/aromatic N) is 3. The van der Waals surface area contributed by atoms with E-state index in [4.69, 9.17) is 4.74 Å². The number of benzene rings is 2. The van der Waals surface area contributed by atoms with Crippen LogP contribution < -0.4 is 10.1 Å². The maximum absolute atomic E-state index is 12.1. The highest BCUT2D eigenvalue weighted by Gasteiger charge is 2.13. The van der Waals surface area contributed by atoms with Crippen LogP contribution >= 0.6 is 11.3 Å². The van der Waals surface area contributed by atoms with Crippen molar-refractivity contribution in [3.05, 3.63) is 73.6 Å². The number of aryl methyl sites for hydroxylation is 1. The van der Waals surface area contributed by atoms with Crippen molar-refractivity contribution in [3.8, 4) is 17.0 Å². The van der Waals surface area contributed by atoms with Gasteiger partial charge in [0.1, 0.15) is 5.75 Å². The predicted octanol–water partition coefficient (Wildman–Crippen LogP) is 3.95. The van der Waals surface area contributed by atoms with Gasteiger partial charge in [-0.15, -0.1) is 11.3 Å². The summed E-state index contributed by atoms with van der Waals surface area (Å²) >= 11 is 1.17. The van der Waals surface area contributed by atoms with Crippen molar-refractivity contribution in [2.75, 3.05) is 11.9 Å². The normalized spacial score (nSPS) is 10.4. The van der Waals surface area contributed by atoms with Gasteiger partial charge in [-0.3, -0.25) is 30.3 Å². The number of nitro benzene ring substituents is 2. The van der Waals surface area contributed by atoms with Gasteiger partial charge in [0.15, 0.2) is 11.7 Å². The van der Waals surface area contributed by atoms with Gasteiger partial charge in [0.2, 0.25) is 0 Å². The van der Waals surface area contributed by atoms with Crippen LogP contribution in [0, 0.1) is 27.2 Å². The molecule has 0 aliphatic carbocycles. The molecule has 0 fully saturated rings. The second kappa shape index (κ2) is 8.44. The third-order valence-corrected chi connectivity index (χ3v) is 4.59. The van der Waals surface area contributed by atoms with Crippen LogP contribution in [0.3, 0.4) is 0 Å². The van der Waals surface area contributed by atoms with Gasteiger partial charge in [-0.1, -0.05) is 12.1 Å². The topological polar surface area (TPSA) is 138 Å². The number of nitro groups is 2.